The number of nitrogens with one attached hydrogen (secondary N) is 1. The second-order valence-electron chi connectivity index (χ2n) is 6.37. The molecule has 3 aromatic rings. The van der Waals surface area contributed by atoms with E-state index in [0.29, 0.717) is 24.2 Å². The molecular formula is C21H22N4O2. The van der Waals surface area contributed by atoms with E-state index < -0.39 is 0 Å². The average molecular weight is 362 g/mol. The highest BCUT2D eigenvalue weighted by Gasteiger charge is 2.13. The number of imidazole rings is 1. The summed E-state index contributed by atoms with van der Waals surface area (Å²) in [5.74, 6) is -0.168. The van der Waals surface area contributed by atoms with Crippen LogP contribution < -0.4 is 5.32 Å². The lowest BCUT2D eigenvalue weighted by Gasteiger charge is -2.18. The van der Waals surface area contributed by atoms with Gasteiger partial charge in [0.25, 0.3) is 11.8 Å². The smallest absolute Gasteiger partial charge is 0.253 e. The predicted molar refractivity (Wildman–Crippen MR) is 103 cm³/mol. The highest BCUT2D eigenvalue weighted by molar-refractivity contribution is 5.94. The molecule has 0 spiro atoms. The largest absolute Gasteiger partial charge is 0.355 e. The summed E-state index contributed by atoms with van der Waals surface area (Å²) in [6.45, 7) is 1.14. The van der Waals surface area contributed by atoms with Crippen molar-refractivity contribution in [2.75, 3.05) is 14.1 Å². The van der Waals surface area contributed by atoms with Crippen LogP contribution in [0.15, 0.2) is 67.3 Å². The Hall–Kier alpha value is -3.41. The van der Waals surface area contributed by atoms with Crippen molar-refractivity contribution in [2.45, 2.75) is 13.1 Å². The first-order chi connectivity index (χ1) is 13.1. The molecule has 0 unspecified atom stereocenters. The van der Waals surface area contributed by atoms with E-state index in [4.69, 9.17) is 0 Å². The first-order valence-electron chi connectivity index (χ1n) is 8.68. The number of aromatic nitrogens is 2. The molecule has 1 heterocycles. The van der Waals surface area contributed by atoms with E-state index >= 15 is 0 Å². The van der Waals surface area contributed by atoms with Gasteiger partial charge in [-0.3, -0.25) is 9.59 Å². The zero-order chi connectivity index (χ0) is 19.2. The van der Waals surface area contributed by atoms with Crippen molar-refractivity contribution < 1.29 is 9.59 Å². The molecule has 2 aromatic carbocycles. The lowest BCUT2D eigenvalue weighted by Crippen LogP contribution is -2.26. The molecule has 3 rings (SSSR count). The van der Waals surface area contributed by atoms with Crippen LogP contribution in [0.2, 0.25) is 0 Å². The topological polar surface area (TPSA) is 67.2 Å². The zero-order valence-electron chi connectivity index (χ0n) is 15.4. The van der Waals surface area contributed by atoms with Gasteiger partial charge in [0.15, 0.2) is 0 Å². The Labute approximate surface area is 158 Å². The minimum Gasteiger partial charge on any atom is -0.355 e. The lowest BCUT2D eigenvalue weighted by atomic mass is 10.1. The molecular weight excluding hydrogens is 340 g/mol. The molecule has 6 nitrogen and oxygen atoms in total. The molecule has 0 aliphatic carbocycles. The lowest BCUT2D eigenvalue weighted by molar-refractivity contribution is 0.0784. The van der Waals surface area contributed by atoms with Gasteiger partial charge in [-0.25, -0.2) is 4.98 Å². The zero-order valence-corrected chi connectivity index (χ0v) is 15.4. The Morgan fingerprint density at radius 3 is 2.52 bits per heavy atom. The SMILES string of the molecule is CNC(=O)c1ccc(CN(C)C(=O)c2cccc(Cn3ccnc3)c2)cc1. The van der Waals surface area contributed by atoms with Crippen LogP contribution in [0, 0.1) is 0 Å². The summed E-state index contributed by atoms with van der Waals surface area (Å²) >= 11 is 0. The van der Waals surface area contributed by atoms with E-state index in [2.05, 4.69) is 10.3 Å². The Morgan fingerprint density at radius 2 is 1.85 bits per heavy atom. The number of carbonyl (C=O) groups is 2. The molecule has 6 heteroatoms. The third-order valence-electron chi connectivity index (χ3n) is 4.31. The summed E-state index contributed by atoms with van der Waals surface area (Å²) in [4.78, 5) is 30.1. The van der Waals surface area contributed by atoms with Crippen LogP contribution in [-0.4, -0.2) is 40.4 Å². The monoisotopic (exact) mass is 362 g/mol. The number of nitrogens with zero attached hydrogens (tertiary/aromatic N) is 3. The number of hydrogen-bond acceptors (Lipinski definition) is 3. The standard InChI is InChI=1S/C21H22N4O2/c1-22-20(26)18-8-6-16(7-9-18)13-24(2)21(27)19-5-3-4-17(12-19)14-25-11-10-23-15-25/h3-12,15H,13-14H2,1-2H3,(H,22,26). The number of amides is 2. The molecule has 138 valence electrons. The fourth-order valence-electron chi connectivity index (χ4n) is 2.87. The fourth-order valence-corrected chi connectivity index (χ4v) is 2.87. The van der Waals surface area contributed by atoms with E-state index in [1.165, 1.54) is 0 Å². The van der Waals surface area contributed by atoms with Crippen LogP contribution in [0.4, 0.5) is 0 Å². The first kappa shape index (κ1) is 18.4. The Kier molecular flexibility index (Phi) is 5.66. The van der Waals surface area contributed by atoms with Crippen molar-refractivity contribution in [2.24, 2.45) is 0 Å². The molecule has 0 saturated carbocycles. The second kappa shape index (κ2) is 8.31. The third-order valence-corrected chi connectivity index (χ3v) is 4.31. The summed E-state index contributed by atoms with van der Waals surface area (Å²) in [7, 11) is 3.38. The van der Waals surface area contributed by atoms with E-state index in [1.54, 1.807) is 43.7 Å². The number of benzene rings is 2. The number of hydrogen-bond donors (Lipinski definition) is 1. The summed E-state index contributed by atoms with van der Waals surface area (Å²) in [6.07, 6.45) is 5.38. The van der Waals surface area contributed by atoms with Crippen molar-refractivity contribution in [3.63, 3.8) is 0 Å². The van der Waals surface area contributed by atoms with Crippen molar-refractivity contribution in [1.29, 1.82) is 0 Å². The van der Waals surface area contributed by atoms with Gasteiger partial charge in [0.1, 0.15) is 0 Å². The van der Waals surface area contributed by atoms with Crippen LogP contribution in [0.25, 0.3) is 0 Å². The van der Waals surface area contributed by atoms with Crippen molar-refractivity contribution in [1.82, 2.24) is 19.8 Å². The van der Waals surface area contributed by atoms with Gasteiger partial charge in [-0.15, -0.1) is 0 Å². The Bertz CT molecular complexity index is 918. The van der Waals surface area contributed by atoms with Gasteiger partial charge in [0.05, 0.1) is 6.33 Å². The van der Waals surface area contributed by atoms with Crippen molar-refractivity contribution in [3.8, 4) is 0 Å². The number of rotatable bonds is 6. The van der Waals surface area contributed by atoms with Crippen LogP contribution in [0.3, 0.4) is 0 Å². The molecule has 0 bridgehead atoms. The summed E-state index contributed by atoms with van der Waals surface area (Å²) in [5, 5.41) is 2.59. The summed E-state index contributed by atoms with van der Waals surface area (Å²) in [6, 6.07) is 14.9. The molecule has 1 aromatic heterocycles. The molecule has 0 atom stereocenters. The Balaban J connectivity index is 1.67. The molecule has 0 fully saturated rings. The maximum atomic E-state index is 12.8. The molecule has 1 N–H and O–H groups in total. The van der Waals surface area contributed by atoms with Gasteiger partial charge in [0, 0.05) is 50.7 Å². The van der Waals surface area contributed by atoms with E-state index in [0.717, 1.165) is 11.1 Å². The van der Waals surface area contributed by atoms with E-state index in [1.807, 2.05) is 47.2 Å². The average Bonchev–Trinajstić information content (AvgIpc) is 3.20. The fraction of sp³-hybridized carbons (Fsp3) is 0.190. The van der Waals surface area contributed by atoms with Gasteiger partial charge in [-0.2, -0.15) is 0 Å². The van der Waals surface area contributed by atoms with Gasteiger partial charge in [-0.1, -0.05) is 24.3 Å². The second-order valence-corrected chi connectivity index (χ2v) is 6.37. The molecule has 2 amide bonds. The van der Waals surface area contributed by atoms with Gasteiger partial charge < -0.3 is 14.8 Å². The number of carbonyl (C=O) groups excluding carboxylic acids is 2. The van der Waals surface area contributed by atoms with Crippen LogP contribution in [0.5, 0.6) is 0 Å². The van der Waals surface area contributed by atoms with E-state index in [9.17, 15) is 9.59 Å². The van der Waals surface area contributed by atoms with Crippen molar-refractivity contribution in [3.05, 3.63) is 89.5 Å². The van der Waals surface area contributed by atoms with E-state index in [-0.39, 0.29) is 11.8 Å². The first-order valence-corrected chi connectivity index (χ1v) is 8.68. The van der Waals surface area contributed by atoms with Crippen molar-refractivity contribution >= 4 is 11.8 Å². The van der Waals surface area contributed by atoms with Crippen LogP contribution in [0.1, 0.15) is 31.8 Å². The highest BCUT2D eigenvalue weighted by atomic mass is 16.2. The summed E-state index contributed by atoms with van der Waals surface area (Å²) in [5.41, 5.74) is 3.26. The minimum absolute atomic E-state index is 0.0436. The molecule has 0 saturated heterocycles. The predicted octanol–water partition coefficient (Wildman–Crippen LogP) is 2.56. The molecule has 27 heavy (non-hydrogen) atoms. The van der Waals surface area contributed by atoms with Crippen LogP contribution >= 0.6 is 0 Å². The highest BCUT2D eigenvalue weighted by Crippen LogP contribution is 2.12. The normalized spacial score (nSPS) is 10.4. The molecule has 0 radical (unpaired) electrons. The van der Waals surface area contributed by atoms with Gasteiger partial charge in [-0.05, 0) is 35.4 Å². The Morgan fingerprint density at radius 1 is 1.07 bits per heavy atom. The summed E-state index contributed by atoms with van der Waals surface area (Å²) < 4.78 is 1.96. The minimum atomic E-state index is -0.124. The maximum absolute atomic E-state index is 12.8. The maximum Gasteiger partial charge on any atom is 0.253 e. The quantitative estimate of drug-likeness (QED) is 0.733. The molecule has 0 aliphatic rings. The van der Waals surface area contributed by atoms with Gasteiger partial charge in [0.2, 0.25) is 0 Å². The van der Waals surface area contributed by atoms with Gasteiger partial charge >= 0.3 is 0 Å². The van der Waals surface area contributed by atoms with Crippen LogP contribution in [-0.2, 0) is 13.1 Å². The molecule has 0 aliphatic heterocycles. The third kappa shape index (κ3) is 4.61.